The van der Waals surface area contributed by atoms with Gasteiger partial charge >= 0.3 is 0 Å². The van der Waals surface area contributed by atoms with Crippen molar-refractivity contribution in [1.29, 1.82) is 0 Å². The van der Waals surface area contributed by atoms with Crippen molar-refractivity contribution in [1.82, 2.24) is 14.9 Å². The molecule has 7 heteroatoms. The van der Waals surface area contributed by atoms with E-state index in [0.717, 1.165) is 25.7 Å². The molecule has 1 aromatic rings. The van der Waals surface area contributed by atoms with Crippen LogP contribution in [-0.2, 0) is 6.54 Å². The van der Waals surface area contributed by atoms with E-state index >= 15 is 0 Å². The van der Waals surface area contributed by atoms with Crippen molar-refractivity contribution in [2.45, 2.75) is 49.5 Å². The lowest BCUT2D eigenvalue weighted by Crippen LogP contribution is -2.45. The van der Waals surface area contributed by atoms with Gasteiger partial charge in [0.05, 0.1) is 24.4 Å². The molecular weight excluding hydrogens is 298 g/mol. The van der Waals surface area contributed by atoms with Gasteiger partial charge in [-0.25, -0.2) is 9.97 Å². The number of amides is 1. The predicted octanol–water partition coefficient (Wildman–Crippen LogP) is 2.11. The molecule has 1 aliphatic heterocycles. The van der Waals surface area contributed by atoms with Gasteiger partial charge in [-0.05, 0) is 19.1 Å². The van der Waals surface area contributed by atoms with E-state index in [1.54, 1.807) is 4.90 Å². The molecule has 2 atom stereocenters. The van der Waals surface area contributed by atoms with Crippen LogP contribution >= 0.6 is 23.4 Å². The van der Waals surface area contributed by atoms with Crippen molar-refractivity contribution in [2.75, 3.05) is 6.26 Å². The molecule has 0 unspecified atom stereocenters. The number of halogens is 1. The summed E-state index contributed by atoms with van der Waals surface area (Å²) in [6.45, 7) is 0.422. The SMILES string of the molecule is CSc1nc(Cl)c2c(n1)CN([C@@H]1CCCC[C@@H]1O)C2=O. The maximum atomic E-state index is 12.5. The van der Waals surface area contributed by atoms with Gasteiger partial charge < -0.3 is 10.0 Å². The lowest BCUT2D eigenvalue weighted by Gasteiger charge is -2.34. The van der Waals surface area contributed by atoms with Crippen LogP contribution in [0.4, 0.5) is 0 Å². The van der Waals surface area contributed by atoms with E-state index in [9.17, 15) is 9.90 Å². The number of hydrogen-bond acceptors (Lipinski definition) is 5. The van der Waals surface area contributed by atoms with E-state index in [2.05, 4.69) is 9.97 Å². The minimum Gasteiger partial charge on any atom is -0.391 e. The Morgan fingerprint density at radius 1 is 1.35 bits per heavy atom. The second-order valence-electron chi connectivity index (χ2n) is 5.18. The van der Waals surface area contributed by atoms with Crippen LogP contribution in [0.5, 0.6) is 0 Å². The number of aromatic nitrogens is 2. The standard InChI is InChI=1S/C13H16ClN3O2S/c1-20-13-15-7-6-17(8-4-2-3-5-9(8)18)12(19)10(7)11(14)16-13/h8-9,18H,2-6H2,1H3/t8-,9+/m1/s1. The highest BCUT2D eigenvalue weighted by molar-refractivity contribution is 7.98. The van der Waals surface area contributed by atoms with Gasteiger partial charge in [-0.2, -0.15) is 0 Å². The monoisotopic (exact) mass is 313 g/mol. The number of aliphatic hydroxyl groups is 1. The summed E-state index contributed by atoms with van der Waals surface area (Å²) in [6.07, 6.45) is 5.06. The first-order valence-electron chi connectivity index (χ1n) is 6.71. The summed E-state index contributed by atoms with van der Waals surface area (Å²) >= 11 is 7.52. The highest BCUT2D eigenvalue weighted by atomic mass is 35.5. The Morgan fingerprint density at radius 2 is 2.10 bits per heavy atom. The first kappa shape index (κ1) is 14.1. The van der Waals surface area contributed by atoms with E-state index in [1.165, 1.54) is 11.8 Å². The number of aliphatic hydroxyl groups excluding tert-OH is 1. The van der Waals surface area contributed by atoms with Crippen LogP contribution in [-0.4, -0.2) is 44.3 Å². The summed E-state index contributed by atoms with van der Waals surface area (Å²) in [4.78, 5) is 22.7. The fourth-order valence-electron chi connectivity index (χ4n) is 2.97. The van der Waals surface area contributed by atoms with Gasteiger partial charge in [0.1, 0.15) is 10.7 Å². The molecule has 0 bridgehead atoms. The van der Waals surface area contributed by atoms with Crippen LogP contribution < -0.4 is 0 Å². The normalized spacial score (nSPS) is 25.9. The van der Waals surface area contributed by atoms with Gasteiger partial charge in [0.25, 0.3) is 5.91 Å². The highest BCUT2D eigenvalue weighted by Gasteiger charge is 2.39. The van der Waals surface area contributed by atoms with Crippen molar-refractivity contribution < 1.29 is 9.90 Å². The van der Waals surface area contributed by atoms with Gasteiger partial charge in [-0.15, -0.1) is 0 Å². The molecule has 108 valence electrons. The minimum absolute atomic E-state index is 0.126. The molecule has 1 aromatic heterocycles. The van der Waals surface area contributed by atoms with E-state index in [0.29, 0.717) is 23.0 Å². The van der Waals surface area contributed by atoms with Crippen LogP contribution in [0.1, 0.15) is 41.7 Å². The second-order valence-corrected chi connectivity index (χ2v) is 6.31. The van der Waals surface area contributed by atoms with Crippen molar-refractivity contribution >= 4 is 29.3 Å². The van der Waals surface area contributed by atoms with E-state index < -0.39 is 6.10 Å². The summed E-state index contributed by atoms with van der Waals surface area (Å²) in [5, 5.41) is 10.9. The molecule has 2 heterocycles. The zero-order chi connectivity index (χ0) is 14.3. The molecule has 0 aromatic carbocycles. The zero-order valence-electron chi connectivity index (χ0n) is 11.2. The van der Waals surface area contributed by atoms with E-state index in [-0.39, 0.29) is 17.1 Å². The summed E-state index contributed by atoms with van der Waals surface area (Å²) in [6, 6.07) is -0.126. The van der Waals surface area contributed by atoms with Crippen LogP contribution in [0.3, 0.4) is 0 Å². The van der Waals surface area contributed by atoms with Crippen molar-refractivity contribution in [2.24, 2.45) is 0 Å². The molecule has 0 spiro atoms. The molecule has 1 N–H and O–H groups in total. The molecule has 1 aliphatic carbocycles. The van der Waals surface area contributed by atoms with Crippen LogP contribution in [0.2, 0.25) is 5.15 Å². The Balaban J connectivity index is 1.92. The Kier molecular flexibility index (Phi) is 3.88. The van der Waals surface area contributed by atoms with E-state index in [4.69, 9.17) is 11.6 Å². The molecule has 5 nitrogen and oxygen atoms in total. The summed E-state index contributed by atoms with van der Waals surface area (Å²) < 4.78 is 0. The molecule has 1 fully saturated rings. The lowest BCUT2D eigenvalue weighted by molar-refractivity contribution is 0.0189. The summed E-state index contributed by atoms with van der Waals surface area (Å²) in [5.41, 5.74) is 1.08. The molecule has 2 aliphatic rings. The van der Waals surface area contributed by atoms with Crippen molar-refractivity contribution in [3.05, 3.63) is 16.4 Å². The third kappa shape index (κ3) is 2.29. The van der Waals surface area contributed by atoms with Crippen LogP contribution in [0.15, 0.2) is 5.16 Å². The number of rotatable bonds is 2. The van der Waals surface area contributed by atoms with Crippen molar-refractivity contribution in [3.8, 4) is 0 Å². The van der Waals surface area contributed by atoms with E-state index in [1.807, 2.05) is 6.26 Å². The van der Waals surface area contributed by atoms with Crippen LogP contribution in [0, 0.1) is 0 Å². The first-order valence-corrected chi connectivity index (χ1v) is 8.31. The number of hydrogen-bond donors (Lipinski definition) is 1. The first-order chi connectivity index (χ1) is 9.61. The maximum Gasteiger partial charge on any atom is 0.259 e. The topological polar surface area (TPSA) is 66.3 Å². The minimum atomic E-state index is -0.450. The number of carbonyl (C=O) groups is 1. The average molecular weight is 314 g/mol. The van der Waals surface area contributed by atoms with Crippen LogP contribution in [0.25, 0.3) is 0 Å². The summed E-state index contributed by atoms with van der Waals surface area (Å²) in [7, 11) is 0. The fraction of sp³-hybridized carbons (Fsp3) is 0.615. The highest BCUT2D eigenvalue weighted by Crippen LogP contribution is 2.33. The Labute approximate surface area is 126 Å². The fourth-order valence-corrected chi connectivity index (χ4v) is 3.68. The second kappa shape index (κ2) is 5.50. The quantitative estimate of drug-likeness (QED) is 0.514. The average Bonchev–Trinajstić information content (AvgIpc) is 2.76. The van der Waals surface area contributed by atoms with Crippen molar-refractivity contribution in [3.63, 3.8) is 0 Å². The molecule has 1 amide bonds. The Morgan fingerprint density at radius 3 is 2.80 bits per heavy atom. The number of thioether (sulfide) groups is 1. The maximum absolute atomic E-state index is 12.5. The Bertz CT molecular complexity index is 555. The summed E-state index contributed by atoms with van der Waals surface area (Å²) in [5.74, 6) is -0.149. The smallest absolute Gasteiger partial charge is 0.259 e. The molecule has 0 saturated heterocycles. The largest absolute Gasteiger partial charge is 0.391 e. The number of carbonyl (C=O) groups excluding carboxylic acids is 1. The third-order valence-electron chi connectivity index (χ3n) is 3.99. The number of fused-ring (bicyclic) bond motifs is 1. The number of nitrogens with zero attached hydrogens (tertiary/aromatic N) is 3. The van der Waals surface area contributed by atoms with Gasteiger partial charge in [-0.3, -0.25) is 4.79 Å². The van der Waals surface area contributed by atoms with Gasteiger partial charge in [0, 0.05) is 0 Å². The third-order valence-corrected chi connectivity index (χ3v) is 4.81. The Hall–Kier alpha value is -0.850. The van der Waals surface area contributed by atoms with Gasteiger partial charge in [-0.1, -0.05) is 36.2 Å². The lowest BCUT2D eigenvalue weighted by atomic mass is 9.91. The molecule has 3 rings (SSSR count). The molecule has 0 radical (unpaired) electrons. The molecule has 1 saturated carbocycles. The molecule has 20 heavy (non-hydrogen) atoms. The predicted molar refractivity (Wildman–Crippen MR) is 77.0 cm³/mol. The van der Waals surface area contributed by atoms with Gasteiger partial charge in [0.2, 0.25) is 0 Å². The zero-order valence-corrected chi connectivity index (χ0v) is 12.7. The molecular formula is C13H16ClN3O2S. The van der Waals surface area contributed by atoms with Gasteiger partial charge in [0.15, 0.2) is 5.16 Å².